The molecule has 30 heavy (non-hydrogen) atoms. The van der Waals surface area contributed by atoms with Crippen molar-refractivity contribution in [1.82, 2.24) is 20.1 Å². The lowest BCUT2D eigenvalue weighted by molar-refractivity contribution is -0.121. The summed E-state index contributed by atoms with van der Waals surface area (Å²) in [4.78, 5) is 12.9. The summed E-state index contributed by atoms with van der Waals surface area (Å²) < 4.78 is 7.46. The Bertz CT molecular complexity index is 882. The molecular formula is C23H32N4O2S. The molecule has 1 fully saturated rings. The first kappa shape index (κ1) is 22.4. The average molecular weight is 429 g/mol. The summed E-state index contributed by atoms with van der Waals surface area (Å²) in [5.41, 5.74) is 0.864. The van der Waals surface area contributed by atoms with Gasteiger partial charge in [-0.15, -0.1) is 16.8 Å². The molecule has 0 radical (unpaired) electrons. The first-order valence-corrected chi connectivity index (χ1v) is 11.5. The number of rotatable bonds is 8. The molecule has 1 N–H and O–H groups in total. The van der Waals surface area contributed by atoms with Crippen LogP contribution in [0.3, 0.4) is 0 Å². The van der Waals surface area contributed by atoms with Crippen LogP contribution in [0.4, 0.5) is 0 Å². The number of hydrogen-bond donors (Lipinski definition) is 1. The quantitative estimate of drug-likeness (QED) is 0.493. The second-order valence-corrected chi connectivity index (χ2v) is 9.36. The molecule has 3 rings (SSSR count). The molecule has 0 spiro atoms. The van der Waals surface area contributed by atoms with Crippen molar-refractivity contribution in [2.75, 3.05) is 7.11 Å². The van der Waals surface area contributed by atoms with Crippen molar-refractivity contribution in [2.45, 2.75) is 63.0 Å². The standard InChI is InChI=1S/C23H32N4O2S/c1-6-14-27-21(18-11-7-8-13-20(18)29-5)25-26-23(27)30-17(4)22(28)24-19-12-9-10-15(2)16(19)3/h6-8,11,13,15-17,19H,1,9-10,12,14H2,2-5H3,(H,24,28)/t15-,16-,17-,19+/m1/s1. The Morgan fingerprint density at radius 2 is 2.13 bits per heavy atom. The number of thioether (sulfide) groups is 1. The second kappa shape index (κ2) is 10.2. The first-order valence-electron chi connectivity index (χ1n) is 10.6. The van der Waals surface area contributed by atoms with Gasteiger partial charge in [0.15, 0.2) is 11.0 Å². The van der Waals surface area contributed by atoms with Crippen LogP contribution in [0.5, 0.6) is 5.75 Å². The highest BCUT2D eigenvalue weighted by molar-refractivity contribution is 8.00. The second-order valence-electron chi connectivity index (χ2n) is 8.05. The van der Waals surface area contributed by atoms with Gasteiger partial charge in [-0.05, 0) is 37.3 Å². The zero-order chi connectivity index (χ0) is 21.7. The molecule has 2 aromatic rings. The van der Waals surface area contributed by atoms with Crippen molar-refractivity contribution in [3.63, 3.8) is 0 Å². The van der Waals surface area contributed by atoms with E-state index in [-0.39, 0.29) is 17.2 Å². The highest BCUT2D eigenvalue weighted by atomic mass is 32.2. The van der Waals surface area contributed by atoms with Crippen LogP contribution >= 0.6 is 11.8 Å². The minimum Gasteiger partial charge on any atom is -0.496 e. The van der Waals surface area contributed by atoms with Crippen LogP contribution in [0.25, 0.3) is 11.4 Å². The molecule has 162 valence electrons. The van der Waals surface area contributed by atoms with Crippen molar-refractivity contribution < 1.29 is 9.53 Å². The highest BCUT2D eigenvalue weighted by Crippen LogP contribution is 2.33. The number of nitrogens with zero attached hydrogens (tertiary/aromatic N) is 3. The molecule has 7 heteroatoms. The minimum atomic E-state index is -0.271. The summed E-state index contributed by atoms with van der Waals surface area (Å²) in [5.74, 6) is 2.64. The summed E-state index contributed by atoms with van der Waals surface area (Å²) in [6.07, 6.45) is 5.28. The molecule has 1 aliphatic carbocycles. The number of aromatic nitrogens is 3. The third kappa shape index (κ3) is 4.89. The van der Waals surface area contributed by atoms with Gasteiger partial charge in [0.2, 0.25) is 5.91 Å². The molecule has 0 unspecified atom stereocenters. The van der Waals surface area contributed by atoms with Crippen LogP contribution in [0.1, 0.15) is 40.0 Å². The summed E-state index contributed by atoms with van der Waals surface area (Å²) in [5, 5.41) is 12.5. The van der Waals surface area contributed by atoms with Gasteiger partial charge in [0.05, 0.1) is 17.9 Å². The number of amides is 1. The van der Waals surface area contributed by atoms with Crippen molar-refractivity contribution in [3.05, 3.63) is 36.9 Å². The number of carbonyl (C=O) groups excluding carboxylic acids is 1. The van der Waals surface area contributed by atoms with E-state index in [0.717, 1.165) is 17.7 Å². The number of methoxy groups -OCH3 is 1. The fourth-order valence-electron chi connectivity index (χ4n) is 4.00. The molecule has 0 bridgehead atoms. The maximum Gasteiger partial charge on any atom is 0.233 e. The van der Waals surface area contributed by atoms with Gasteiger partial charge in [-0.1, -0.05) is 56.7 Å². The van der Waals surface area contributed by atoms with Crippen LogP contribution < -0.4 is 10.1 Å². The van der Waals surface area contributed by atoms with Gasteiger partial charge >= 0.3 is 0 Å². The normalized spacial score (nSPS) is 22.3. The van der Waals surface area contributed by atoms with Crippen LogP contribution in [-0.2, 0) is 11.3 Å². The summed E-state index contributed by atoms with van der Waals surface area (Å²) in [7, 11) is 1.64. The zero-order valence-corrected chi connectivity index (χ0v) is 19.1. The van der Waals surface area contributed by atoms with Gasteiger partial charge in [0, 0.05) is 12.6 Å². The van der Waals surface area contributed by atoms with Crippen molar-refractivity contribution >= 4 is 17.7 Å². The van der Waals surface area contributed by atoms with Crippen molar-refractivity contribution in [1.29, 1.82) is 0 Å². The molecule has 4 atom stereocenters. The molecule has 1 heterocycles. The van der Waals surface area contributed by atoms with Crippen molar-refractivity contribution in [3.8, 4) is 17.1 Å². The van der Waals surface area contributed by atoms with Gasteiger partial charge < -0.3 is 10.1 Å². The fourth-order valence-corrected chi connectivity index (χ4v) is 4.86. The monoisotopic (exact) mass is 428 g/mol. The SMILES string of the molecule is C=CCn1c(S[C@H](C)C(=O)N[C@H]2CCC[C@@H](C)[C@H]2C)nnc1-c1ccccc1OC. The molecule has 1 amide bonds. The number of para-hydroxylation sites is 1. The molecule has 0 saturated heterocycles. The number of nitrogens with one attached hydrogen (secondary N) is 1. The van der Waals surface area contributed by atoms with E-state index in [0.29, 0.717) is 29.4 Å². The van der Waals surface area contributed by atoms with Gasteiger partial charge in [-0.25, -0.2) is 0 Å². The summed E-state index contributed by atoms with van der Waals surface area (Å²) >= 11 is 1.43. The summed E-state index contributed by atoms with van der Waals surface area (Å²) in [6, 6.07) is 7.97. The lowest BCUT2D eigenvalue weighted by atomic mass is 9.78. The first-order chi connectivity index (χ1) is 14.5. The molecule has 1 aromatic carbocycles. The van der Waals surface area contributed by atoms with E-state index in [1.165, 1.54) is 24.6 Å². The van der Waals surface area contributed by atoms with Crippen LogP contribution in [0.2, 0.25) is 0 Å². The predicted octanol–water partition coefficient (Wildman–Crippen LogP) is 4.56. The Morgan fingerprint density at radius 1 is 1.37 bits per heavy atom. The molecule has 1 aromatic heterocycles. The highest BCUT2D eigenvalue weighted by Gasteiger charge is 2.30. The van der Waals surface area contributed by atoms with E-state index in [2.05, 4.69) is 35.9 Å². The largest absolute Gasteiger partial charge is 0.496 e. The Morgan fingerprint density at radius 3 is 2.87 bits per heavy atom. The van der Waals surface area contributed by atoms with E-state index < -0.39 is 0 Å². The van der Waals surface area contributed by atoms with Crippen LogP contribution in [-0.4, -0.2) is 39.1 Å². The van der Waals surface area contributed by atoms with E-state index in [9.17, 15) is 4.79 Å². The van der Waals surface area contributed by atoms with Gasteiger partial charge in [-0.2, -0.15) is 0 Å². The predicted molar refractivity (Wildman–Crippen MR) is 122 cm³/mol. The van der Waals surface area contributed by atoms with E-state index >= 15 is 0 Å². The van der Waals surface area contributed by atoms with E-state index in [4.69, 9.17) is 4.74 Å². The van der Waals surface area contributed by atoms with Gasteiger partial charge in [-0.3, -0.25) is 9.36 Å². The number of benzene rings is 1. The molecule has 0 aliphatic heterocycles. The summed E-state index contributed by atoms with van der Waals surface area (Å²) in [6.45, 7) is 10.9. The van der Waals surface area contributed by atoms with Gasteiger partial charge in [0.25, 0.3) is 0 Å². The lowest BCUT2D eigenvalue weighted by Gasteiger charge is -2.35. The average Bonchev–Trinajstić information content (AvgIpc) is 3.13. The third-order valence-corrected chi connectivity index (χ3v) is 7.14. The lowest BCUT2D eigenvalue weighted by Crippen LogP contribution is -2.46. The minimum absolute atomic E-state index is 0.0537. The van der Waals surface area contributed by atoms with Gasteiger partial charge in [0.1, 0.15) is 5.75 Å². The Labute approximate surface area is 183 Å². The topological polar surface area (TPSA) is 69.0 Å². The Kier molecular flexibility index (Phi) is 7.58. The molecule has 1 saturated carbocycles. The van der Waals surface area contributed by atoms with E-state index in [1.807, 2.05) is 41.8 Å². The number of hydrogen-bond acceptors (Lipinski definition) is 5. The maximum absolute atomic E-state index is 12.9. The Balaban J connectivity index is 1.76. The molecule has 6 nitrogen and oxygen atoms in total. The smallest absolute Gasteiger partial charge is 0.233 e. The van der Waals surface area contributed by atoms with E-state index in [1.54, 1.807) is 7.11 Å². The maximum atomic E-state index is 12.9. The number of carbonyl (C=O) groups is 1. The van der Waals surface area contributed by atoms with Crippen molar-refractivity contribution in [2.24, 2.45) is 11.8 Å². The number of allylic oxidation sites excluding steroid dienone is 1. The van der Waals surface area contributed by atoms with Crippen LogP contribution in [0.15, 0.2) is 42.1 Å². The molecule has 1 aliphatic rings. The van der Waals surface area contributed by atoms with Crippen LogP contribution in [0, 0.1) is 11.8 Å². The Hall–Kier alpha value is -2.28. The third-order valence-electron chi connectivity index (χ3n) is 6.06. The number of ether oxygens (including phenoxy) is 1. The molecular weight excluding hydrogens is 396 g/mol. The zero-order valence-electron chi connectivity index (χ0n) is 18.3. The fraction of sp³-hybridized carbons (Fsp3) is 0.522.